The fraction of sp³-hybridized carbons (Fsp3) is 0.667. The van der Waals surface area contributed by atoms with Crippen molar-refractivity contribution in [3.8, 4) is 0 Å². The second-order valence-corrected chi connectivity index (χ2v) is 4.69. The first-order valence-electron chi connectivity index (χ1n) is 6.02. The zero-order chi connectivity index (χ0) is 11.5. The second kappa shape index (κ2) is 4.68. The fourth-order valence-corrected chi connectivity index (χ4v) is 2.07. The number of nitrogens with one attached hydrogen (secondary N) is 1. The topological polar surface area (TPSA) is 49.0 Å². The molecule has 0 amide bonds. The SMILES string of the molecule is CC(C)c1cnc(N2CCCCC2)[nH]c1=O. The van der Waals surface area contributed by atoms with E-state index in [0.29, 0.717) is 0 Å². The molecule has 4 heteroatoms. The molecule has 0 aromatic carbocycles. The summed E-state index contributed by atoms with van der Waals surface area (Å²) in [6.45, 7) is 6.02. The van der Waals surface area contributed by atoms with Crippen molar-refractivity contribution in [2.45, 2.75) is 39.0 Å². The average molecular weight is 221 g/mol. The highest BCUT2D eigenvalue weighted by Crippen LogP contribution is 2.15. The normalized spacial score (nSPS) is 16.8. The Bertz CT molecular complexity index is 405. The minimum absolute atomic E-state index is 0.00516. The third-order valence-electron chi connectivity index (χ3n) is 3.09. The van der Waals surface area contributed by atoms with Gasteiger partial charge in [-0.3, -0.25) is 9.78 Å². The zero-order valence-corrected chi connectivity index (χ0v) is 9.99. The van der Waals surface area contributed by atoms with Gasteiger partial charge < -0.3 is 4.90 Å². The van der Waals surface area contributed by atoms with E-state index in [4.69, 9.17) is 0 Å². The third kappa shape index (κ3) is 2.26. The molecule has 1 saturated heterocycles. The lowest BCUT2D eigenvalue weighted by Crippen LogP contribution is -2.33. The molecule has 1 aromatic heterocycles. The van der Waals surface area contributed by atoms with Crippen LogP contribution in [0, 0.1) is 0 Å². The van der Waals surface area contributed by atoms with Gasteiger partial charge in [-0.1, -0.05) is 13.8 Å². The number of piperidine rings is 1. The van der Waals surface area contributed by atoms with E-state index in [0.717, 1.165) is 24.6 Å². The minimum Gasteiger partial charge on any atom is -0.342 e. The summed E-state index contributed by atoms with van der Waals surface area (Å²) >= 11 is 0. The summed E-state index contributed by atoms with van der Waals surface area (Å²) in [6.07, 6.45) is 5.38. The molecule has 0 bridgehead atoms. The molecule has 1 N–H and O–H groups in total. The summed E-state index contributed by atoms with van der Waals surface area (Å²) in [6, 6.07) is 0. The summed E-state index contributed by atoms with van der Waals surface area (Å²) in [7, 11) is 0. The van der Waals surface area contributed by atoms with Crippen LogP contribution in [0.2, 0.25) is 0 Å². The molecule has 2 heterocycles. The van der Waals surface area contributed by atoms with Crippen molar-refractivity contribution in [3.63, 3.8) is 0 Å². The second-order valence-electron chi connectivity index (χ2n) is 4.69. The first-order valence-corrected chi connectivity index (χ1v) is 6.02. The quantitative estimate of drug-likeness (QED) is 0.829. The number of nitrogens with zero attached hydrogens (tertiary/aromatic N) is 2. The Labute approximate surface area is 95.7 Å². The maximum atomic E-state index is 11.8. The van der Waals surface area contributed by atoms with Crippen molar-refractivity contribution in [2.24, 2.45) is 0 Å². The van der Waals surface area contributed by atoms with Gasteiger partial charge in [0.25, 0.3) is 5.56 Å². The highest BCUT2D eigenvalue weighted by Gasteiger charge is 2.14. The van der Waals surface area contributed by atoms with Crippen LogP contribution in [0.15, 0.2) is 11.0 Å². The van der Waals surface area contributed by atoms with E-state index in [2.05, 4.69) is 14.9 Å². The number of hydrogen-bond donors (Lipinski definition) is 1. The van der Waals surface area contributed by atoms with Crippen molar-refractivity contribution in [3.05, 3.63) is 22.1 Å². The van der Waals surface area contributed by atoms with E-state index in [1.54, 1.807) is 6.20 Å². The van der Waals surface area contributed by atoms with Gasteiger partial charge in [-0.05, 0) is 25.2 Å². The Balaban J connectivity index is 2.23. The first kappa shape index (κ1) is 11.2. The predicted molar refractivity (Wildman–Crippen MR) is 65.0 cm³/mol. The van der Waals surface area contributed by atoms with Crippen LogP contribution in [0.4, 0.5) is 5.95 Å². The summed E-state index contributed by atoms with van der Waals surface area (Å²) in [4.78, 5) is 21.2. The maximum absolute atomic E-state index is 11.8. The van der Waals surface area contributed by atoms with Gasteiger partial charge in [-0.2, -0.15) is 0 Å². The van der Waals surface area contributed by atoms with E-state index in [-0.39, 0.29) is 11.5 Å². The van der Waals surface area contributed by atoms with Gasteiger partial charge in [0.15, 0.2) is 0 Å². The van der Waals surface area contributed by atoms with E-state index in [1.165, 1.54) is 19.3 Å². The monoisotopic (exact) mass is 221 g/mol. The molecule has 0 saturated carbocycles. The van der Waals surface area contributed by atoms with Gasteiger partial charge in [0.1, 0.15) is 0 Å². The number of hydrogen-bond acceptors (Lipinski definition) is 3. The maximum Gasteiger partial charge on any atom is 0.255 e. The Morgan fingerprint density at radius 3 is 2.56 bits per heavy atom. The molecule has 16 heavy (non-hydrogen) atoms. The molecule has 1 aliphatic heterocycles. The molecular weight excluding hydrogens is 202 g/mol. The van der Waals surface area contributed by atoms with Gasteiger partial charge in [0.2, 0.25) is 5.95 Å². The lowest BCUT2D eigenvalue weighted by atomic mass is 10.1. The Hall–Kier alpha value is -1.32. The molecular formula is C12H19N3O. The van der Waals surface area contributed by atoms with Gasteiger partial charge in [0.05, 0.1) is 0 Å². The van der Waals surface area contributed by atoms with Gasteiger partial charge in [-0.15, -0.1) is 0 Å². The van der Waals surface area contributed by atoms with Crippen LogP contribution >= 0.6 is 0 Å². The van der Waals surface area contributed by atoms with Crippen LogP contribution in [0.25, 0.3) is 0 Å². The summed E-state index contributed by atoms with van der Waals surface area (Å²) < 4.78 is 0. The van der Waals surface area contributed by atoms with Gasteiger partial charge in [0, 0.05) is 24.8 Å². The van der Waals surface area contributed by atoms with Crippen LogP contribution in [0.5, 0.6) is 0 Å². The molecule has 1 aromatic rings. The summed E-state index contributed by atoms with van der Waals surface area (Å²) in [5.74, 6) is 0.959. The number of aromatic amines is 1. The lowest BCUT2D eigenvalue weighted by molar-refractivity contribution is 0.567. The van der Waals surface area contributed by atoms with Crippen molar-refractivity contribution in [1.29, 1.82) is 0 Å². The highest BCUT2D eigenvalue weighted by atomic mass is 16.1. The Morgan fingerprint density at radius 1 is 1.31 bits per heavy atom. The molecule has 88 valence electrons. The molecule has 1 fully saturated rings. The Morgan fingerprint density at radius 2 is 2.00 bits per heavy atom. The predicted octanol–water partition coefficient (Wildman–Crippen LogP) is 1.88. The standard InChI is InChI=1S/C12H19N3O/c1-9(2)10-8-13-12(14-11(10)16)15-6-4-3-5-7-15/h8-9H,3-7H2,1-2H3,(H,13,14,16). The number of rotatable bonds is 2. The molecule has 4 nitrogen and oxygen atoms in total. The van der Waals surface area contributed by atoms with Crippen molar-refractivity contribution >= 4 is 5.95 Å². The van der Waals surface area contributed by atoms with Crippen molar-refractivity contribution < 1.29 is 0 Å². The molecule has 0 radical (unpaired) electrons. The molecule has 0 spiro atoms. The minimum atomic E-state index is 0.00516. The summed E-state index contributed by atoms with van der Waals surface area (Å²) in [5.41, 5.74) is 0.770. The van der Waals surface area contributed by atoms with Crippen molar-refractivity contribution in [1.82, 2.24) is 9.97 Å². The van der Waals surface area contributed by atoms with Crippen LogP contribution in [-0.2, 0) is 0 Å². The van der Waals surface area contributed by atoms with Crippen LogP contribution in [-0.4, -0.2) is 23.1 Å². The fourth-order valence-electron chi connectivity index (χ4n) is 2.07. The molecule has 0 atom stereocenters. The average Bonchev–Trinajstić information content (AvgIpc) is 2.29. The van der Waals surface area contributed by atoms with E-state index >= 15 is 0 Å². The van der Waals surface area contributed by atoms with E-state index in [9.17, 15) is 4.79 Å². The van der Waals surface area contributed by atoms with E-state index < -0.39 is 0 Å². The zero-order valence-electron chi connectivity index (χ0n) is 9.99. The van der Waals surface area contributed by atoms with Crippen LogP contribution in [0.1, 0.15) is 44.6 Å². The van der Waals surface area contributed by atoms with E-state index in [1.807, 2.05) is 13.8 Å². The third-order valence-corrected chi connectivity index (χ3v) is 3.09. The Kier molecular flexibility index (Phi) is 3.27. The largest absolute Gasteiger partial charge is 0.342 e. The molecule has 2 rings (SSSR count). The number of anilines is 1. The summed E-state index contributed by atoms with van der Waals surface area (Å²) in [5, 5.41) is 0. The van der Waals surface area contributed by atoms with Crippen LogP contribution < -0.4 is 10.5 Å². The molecule has 0 aliphatic carbocycles. The lowest BCUT2D eigenvalue weighted by Gasteiger charge is -2.27. The smallest absolute Gasteiger partial charge is 0.255 e. The molecule has 0 unspecified atom stereocenters. The highest BCUT2D eigenvalue weighted by molar-refractivity contribution is 5.30. The van der Waals surface area contributed by atoms with Crippen molar-refractivity contribution in [2.75, 3.05) is 18.0 Å². The number of H-pyrrole nitrogens is 1. The first-order chi connectivity index (χ1) is 7.68. The van der Waals surface area contributed by atoms with Crippen LogP contribution in [0.3, 0.4) is 0 Å². The molecule has 1 aliphatic rings. The number of aromatic nitrogens is 2. The van der Waals surface area contributed by atoms with Gasteiger partial charge in [-0.25, -0.2) is 4.98 Å². The van der Waals surface area contributed by atoms with Gasteiger partial charge >= 0.3 is 0 Å².